The lowest BCUT2D eigenvalue weighted by Gasteiger charge is -2.16. The van der Waals surface area contributed by atoms with E-state index in [1.165, 1.54) is 11.3 Å². The highest BCUT2D eigenvalue weighted by atomic mass is 16.2. The molecule has 94 valence electrons. The van der Waals surface area contributed by atoms with Crippen LogP contribution in [-0.4, -0.2) is 28.9 Å². The zero-order valence-corrected chi connectivity index (χ0v) is 11.1. The van der Waals surface area contributed by atoms with Crippen molar-refractivity contribution in [2.24, 2.45) is 0 Å². The molecule has 1 amide bonds. The van der Waals surface area contributed by atoms with Gasteiger partial charge in [-0.25, -0.2) is 0 Å². The number of aromatic nitrogens is 1. The summed E-state index contributed by atoms with van der Waals surface area (Å²) in [6, 6.07) is 6.39. The van der Waals surface area contributed by atoms with Crippen molar-refractivity contribution in [3.63, 3.8) is 0 Å². The van der Waals surface area contributed by atoms with Gasteiger partial charge in [-0.1, -0.05) is 0 Å². The molecular weight excluding hydrogens is 224 g/mol. The summed E-state index contributed by atoms with van der Waals surface area (Å²) in [5, 5.41) is 1.16. The first-order chi connectivity index (χ1) is 8.58. The number of benzene rings is 1. The Labute approximate surface area is 107 Å². The smallest absolute Gasteiger partial charge is 0.253 e. The molecule has 1 heterocycles. The highest BCUT2D eigenvalue weighted by Crippen LogP contribution is 2.28. The molecule has 1 aromatic carbocycles. The summed E-state index contributed by atoms with van der Waals surface area (Å²) in [7, 11) is 1.90. The summed E-state index contributed by atoms with van der Waals surface area (Å²) in [6.07, 6.45) is 2.29. The summed E-state index contributed by atoms with van der Waals surface area (Å²) < 4.78 is 0. The third-order valence-corrected chi connectivity index (χ3v) is 3.97. The van der Waals surface area contributed by atoms with E-state index in [0.717, 1.165) is 29.3 Å². The van der Waals surface area contributed by atoms with Gasteiger partial charge in [-0.3, -0.25) is 4.79 Å². The van der Waals surface area contributed by atoms with E-state index in [-0.39, 0.29) is 5.91 Å². The maximum Gasteiger partial charge on any atom is 0.253 e. The van der Waals surface area contributed by atoms with Gasteiger partial charge in [0.1, 0.15) is 0 Å². The van der Waals surface area contributed by atoms with Gasteiger partial charge >= 0.3 is 0 Å². The Kier molecular flexibility index (Phi) is 2.44. The van der Waals surface area contributed by atoms with Crippen molar-refractivity contribution in [3.8, 4) is 0 Å². The third kappa shape index (κ3) is 1.70. The molecule has 1 fully saturated rings. The minimum absolute atomic E-state index is 0.137. The van der Waals surface area contributed by atoms with Gasteiger partial charge in [0.2, 0.25) is 0 Å². The van der Waals surface area contributed by atoms with Crippen LogP contribution >= 0.6 is 0 Å². The van der Waals surface area contributed by atoms with Gasteiger partial charge in [-0.2, -0.15) is 0 Å². The minimum Gasteiger partial charge on any atom is -0.358 e. The molecule has 18 heavy (non-hydrogen) atoms. The Morgan fingerprint density at radius 1 is 1.33 bits per heavy atom. The number of carbonyl (C=O) groups is 1. The van der Waals surface area contributed by atoms with Crippen LogP contribution in [0.4, 0.5) is 0 Å². The van der Waals surface area contributed by atoms with Crippen LogP contribution in [0.5, 0.6) is 0 Å². The first kappa shape index (κ1) is 11.3. The van der Waals surface area contributed by atoms with Gasteiger partial charge in [0.15, 0.2) is 0 Å². The van der Waals surface area contributed by atoms with E-state index in [4.69, 9.17) is 0 Å². The van der Waals surface area contributed by atoms with E-state index in [1.54, 1.807) is 0 Å². The van der Waals surface area contributed by atoms with Gasteiger partial charge in [-0.15, -0.1) is 0 Å². The van der Waals surface area contributed by atoms with Gasteiger partial charge in [0.25, 0.3) is 5.91 Å². The van der Waals surface area contributed by atoms with Gasteiger partial charge < -0.3 is 9.88 Å². The van der Waals surface area contributed by atoms with Gasteiger partial charge in [0.05, 0.1) is 0 Å². The zero-order valence-electron chi connectivity index (χ0n) is 11.1. The number of fused-ring (bicyclic) bond motifs is 1. The van der Waals surface area contributed by atoms with Crippen LogP contribution in [0.1, 0.15) is 34.5 Å². The van der Waals surface area contributed by atoms with Crippen LogP contribution in [0.25, 0.3) is 10.9 Å². The minimum atomic E-state index is 0.137. The normalized spacial score (nSPS) is 15.1. The fraction of sp³-hybridized carbons (Fsp3) is 0.400. The maximum atomic E-state index is 12.3. The number of aromatic amines is 1. The number of rotatable bonds is 2. The number of hydrogen-bond acceptors (Lipinski definition) is 1. The predicted molar refractivity (Wildman–Crippen MR) is 72.9 cm³/mol. The van der Waals surface area contributed by atoms with Crippen LogP contribution in [0.2, 0.25) is 0 Å². The van der Waals surface area contributed by atoms with Crippen LogP contribution in [0.15, 0.2) is 18.2 Å². The van der Waals surface area contributed by atoms with Gasteiger partial charge in [0, 0.05) is 35.2 Å². The molecule has 2 aromatic rings. The van der Waals surface area contributed by atoms with Gasteiger partial charge in [-0.05, 0) is 50.5 Å². The SMILES string of the molecule is Cc1[nH]c2ccc(C(=O)N(C)C3CC3)cc2c1C. The first-order valence-corrected chi connectivity index (χ1v) is 6.44. The second-order valence-electron chi connectivity index (χ2n) is 5.28. The summed E-state index contributed by atoms with van der Waals surface area (Å²) >= 11 is 0. The lowest BCUT2D eigenvalue weighted by Crippen LogP contribution is -2.28. The molecule has 0 bridgehead atoms. The largest absolute Gasteiger partial charge is 0.358 e. The summed E-state index contributed by atoms with van der Waals surface area (Å²) in [5.74, 6) is 0.137. The van der Waals surface area contributed by atoms with Crippen molar-refractivity contribution < 1.29 is 4.79 Å². The summed E-state index contributed by atoms with van der Waals surface area (Å²) in [5.41, 5.74) is 4.30. The number of carbonyl (C=O) groups excluding carboxylic acids is 1. The van der Waals surface area contributed by atoms with Crippen molar-refractivity contribution in [2.45, 2.75) is 32.7 Å². The third-order valence-electron chi connectivity index (χ3n) is 3.97. The van der Waals surface area contributed by atoms with Crippen LogP contribution < -0.4 is 0 Å². The molecule has 0 atom stereocenters. The Bertz CT molecular complexity index is 623. The van der Waals surface area contributed by atoms with Crippen LogP contribution in [0.3, 0.4) is 0 Å². The molecule has 3 heteroatoms. The molecule has 1 aliphatic carbocycles. The average Bonchev–Trinajstić information content (AvgIpc) is 3.17. The van der Waals surface area contributed by atoms with E-state index in [1.807, 2.05) is 30.1 Å². The van der Waals surface area contributed by atoms with E-state index in [9.17, 15) is 4.79 Å². The number of aryl methyl sites for hydroxylation is 2. The quantitative estimate of drug-likeness (QED) is 0.863. The molecule has 3 rings (SSSR count). The fourth-order valence-corrected chi connectivity index (χ4v) is 2.43. The Hall–Kier alpha value is -1.77. The Morgan fingerprint density at radius 3 is 2.72 bits per heavy atom. The zero-order chi connectivity index (χ0) is 12.9. The molecule has 1 N–H and O–H groups in total. The lowest BCUT2D eigenvalue weighted by atomic mass is 10.1. The van der Waals surface area contributed by atoms with E-state index < -0.39 is 0 Å². The number of H-pyrrole nitrogens is 1. The Balaban J connectivity index is 2.01. The van der Waals surface area contributed by atoms with Crippen LogP contribution in [0, 0.1) is 13.8 Å². The molecule has 1 aliphatic rings. The Morgan fingerprint density at radius 2 is 2.06 bits per heavy atom. The van der Waals surface area contributed by atoms with Crippen LogP contribution in [-0.2, 0) is 0 Å². The predicted octanol–water partition coefficient (Wildman–Crippen LogP) is 3.02. The number of nitrogens with one attached hydrogen (secondary N) is 1. The fourth-order valence-electron chi connectivity index (χ4n) is 2.43. The highest BCUT2D eigenvalue weighted by Gasteiger charge is 2.30. The number of hydrogen-bond donors (Lipinski definition) is 1. The average molecular weight is 242 g/mol. The van der Waals surface area contributed by atoms with E-state index in [0.29, 0.717) is 6.04 Å². The lowest BCUT2D eigenvalue weighted by molar-refractivity contribution is 0.0785. The molecule has 0 saturated heterocycles. The summed E-state index contributed by atoms with van der Waals surface area (Å²) in [4.78, 5) is 17.5. The molecule has 0 unspecified atom stereocenters. The maximum absolute atomic E-state index is 12.3. The van der Waals surface area contributed by atoms with Crippen molar-refractivity contribution in [2.75, 3.05) is 7.05 Å². The first-order valence-electron chi connectivity index (χ1n) is 6.44. The standard InChI is InChI=1S/C15H18N2O/c1-9-10(2)16-14-7-4-11(8-13(9)14)15(18)17(3)12-5-6-12/h4,7-8,12,16H,5-6H2,1-3H3. The van der Waals surface area contributed by atoms with Crippen molar-refractivity contribution in [1.29, 1.82) is 0 Å². The molecule has 3 nitrogen and oxygen atoms in total. The monoisotopic (exact) mass is 242 g/mol. The molecule has 0 aliphatic heterocycles. The van der Waals surface area contributed by atoms with E-state index >= 15 is 0 Å². The van der Waals surface area contributed by atoms with Crippen molar-refractivity contribution in [1.82, 2.24) is 9.88 Å². The topological polar surface area (TPSA) is 36.1 Å². The summed E-state index contributed by atoms with van der Waals surface area (Å²) in [6.45, 7) is 4.15. The molecule has 0 spiro atoms. The molecule has 1 aromatic heterocycles. The second-order valence-corrected chi connectivity index (χ2v) is 5.28. The number of amides is 1. The number of nitrogens with zero attached hydrogens (tertiary/aromatic N) is 1. The van der Waals surface area contributed by atoms with E-state index in [2.05, 4.69) is 18.8 Å². The molecule has 0 radical (unpaired) electrons. The highest BCUT2D eigenvalue weighted by molar-refractivity contribution is 5.99. The van der Waals surface area contributed by atoms with Crippen molar-refractivity contribution in [3.05, 3.63) is 35.0 Å². The molecule has 1 saturated carbocycles. The van der Waals surface area contributed by atoms with Crippen molar-refractivity contribution >= 4 is 16.8 Å². The molecular formula is C15H18N2O. The second kappa shape index (κ2) is 3.87.